The van der Waals surface area contributed by atoms with Gasteiger partial charge in [0.2, 0.25) is 0 Å². The number of carbonyl (C=O) groups is 1. The maximum Gasteiger partial charge on any atom is 0.313 e. The standard InChI is InChI=1S/C11H21NO2/c1-4-9(2)14-10(13)11(3)6-5-7-12-8-11/h9,12H,4-8H2,1-3H3. The largest absolute Gasteiger partial charge is 0.462 e. The van der Waals surface area contributed by atoms with Crippen LogP contribution in [0.15, 0.2) is 0 Å². The third kappa shape index (κ3) is 2.71. The predicted molar refractivity (Wildman–Crippen MR) is 56.1 cm³/mol. The van der Waals surface area contributed by atoms with Gasteiger partial charge < -0.3 is 10.1 Å². The fourth-order valence-electron chi connectivity index (χ4n) is 1.64. The highest BCUT2D eigenvalue weighted by atomic mass is 16.5. The quantitative estimate of drug-likeness (QED) is 0.703. The molecule has 1 N–H and O–H groups in total. The van der Waals surface area contributed by atoms with Crippen LogP contribution in [0.2, 0.25) is 0 Å². The summed E-state index contributed by atoms with van der Waals surface area (Å²) in [6.07, 6.45) is 2.93. The lowest BCUT2D eigenvalue weighted by atomic mass is 9.83. The molecule has 1 saturated heterocycles. The van der Waals surface area contributed by atoms with Crippen LogP contribution in [-0.2, 0) is 9.53 Å². The molecule has 3 nitrogen and oxygen atoms in total. The van der Waals surface area contributed by atoms with Crippen LogP contribution in [0.25, 0.3) is 0 Å². The molecule has 0 bridgehead atoms. The Morgan fingerprint density at radius 3 is 2.86 bits per heavy atom. The van der Waals surface area contributed by atoms with E-state index in [0.29, 0.717) is 0 Å². The normalized spacial score (nSPS) is 29.6. The Balaban J connectivity index is 2.49. The smallest absolute Gasteiger partial charge is 0.313 e. The Morgan fingerprint density at radius 1 is 1.64 bits per heavy atom. The van der Waals surface area contributed by atoms with E-state index in [1.807, 2.05) is 20.8 Å². The highest BCUT2D eigenvalue weighted by Gasteiger charge is 2.36. The first-order chi connectivity index (χ1) is 6.58. The van der Waals surface area contributed by atoms with Crippen molar-refractivity contribution >= 4 is 5.97 Å². The molecule has 0 aromatic rings. The molecule has 3 heteroatoms. The summed E-state index contributed by atoms with van der Waals surface area (Å²) in [5.41, 5.74) is -0.304. The average Bonchev–Trinajstić information content (AvgIpc) is 2.18. The molecular weight excluding hydrogens is 178 g/mol. The molecule has 1 aliphatic heterocycles. The number of nitrogens with one attached hydrogen (secondary N) is 1. The first kappa shape index (κ1) is 11.5. The van der Waals surface area contributed by atoms with Crippen molar-refractivity contribution in [2.24, 2.45) is 5.41 Å². The summed E-state index contributed by atoms with van der Waals surface area (Å²) >= 11 is 0. The van der Waals surface area contributed by atoms with Gasteiger partial charge in [-0.3, -0.25) is 4.79 Å². The van der Waals surface area contributed by atoms with Crippen LogP contribution in [0.3, 0.4) is 0 Å². The topological polar surface area (TPSA) is 38.3 Å². The summed E-state index contributed by atoms with van der Waals surface area (Å²) in [7, 11) is 0. The predicted octanol–water partition coefficient (Wildman–Crippen LogP) is 1.72. The number of hydrogen-bond acceptors (Lipinski definition) is 3. The van der Waals surface area contributed by atoms with Crippen LogP contribution < -0.4 is 5.32 Å². The molecule has 0 aromatic carbocycles. The Labute approximate surface area is 86.2 Å². The SMILES string of the molecule is CCC(C)OC(=O)C1(C)CCCNC1. The molecule has 1 heterocycles. The molecule has 1 rings (SSSR count). The van der Waals surface area contributed by atoms with Gasteiger partial charge in [0, 0.05) is 6.54 Å². The maximum absolute atomic E-state index is 11.8. The molecule has 82 valence electrons. The summed E-state index contributed by atoms with van der Waals surface area (Å²) in [5.74, 6) is -0.0425. The zero-order chi connectivity index (χ0) is 10.6. The van der Waals surface area contributed by atoms with Crippen molar-refractivity contribution in [2.45, 2.75) is 46.1 Å². The molecule has 0 aliphatic carbocycles. The van der Waals surface area contributed by atoms with E-state index in [4.69, 9.17) is 4.74 Å². The van der Waals surface area contributed by atoms with Crippen LogP contribution in [0, 0.1) is 5.41 Å². The van der Waals surface area contributed by atoms with Crippen molar-refractivity contribution < 1.29 is 9.53 Å². The van der Waals surface area contributed by atoms with Gasteiger partial charge >= 0.3 is 5.97 Å². The van der Waals surface area contributed by atoms with Crippen molar-refractivity contribution in [3.8, 4) is 0 Å². The second-order valence-corrected chi connectivity index (χ2v) is 4.47. The van der Waals surface area contributed by atoms with Gasteiger partial charge in [-0.1, -0.05) is 6.92 Å². The Morgan fingerprint density at radius 2 is 2.36 bits per heavy atom. The van der Waals surface area contributed by atoms with E-state index in [-0.39, 0.29) is 17.5 Å². The highest BCUT2D eigenvalue weighted by molar-refractivity contribution is 5.77. The molecule has 0 aromatic heterocycles. The number of esters is 1. The van der Waals surface area contributed by atoms with E-state index in [9.17, 15) is 4.79 Å². The monoisotopic (exact) mass is 199 g/mol. The molecule has 1 aliphatic rings. The molecule has 14 heavy (non-hydrogen) atoms. The third-order valence-corrected chi connectivity index (χ3v) is 2.97. The zero-order valence-electron chi connectivity index (χ0n) is 9.43. The fourth-order valence-corrected chi connectivity index (χ4v) is 1.64. The fraction of sp³-hybridized carbons (Fsp3) is 0.909. The Hall–Kier alpha value is -0.570. The Bertz CT molecular complexity index is 197. The molecular formula is C11H21NO2. The molecule has 0 radical (unpaired) electrons. The second-order valence-electron chi connectivity index (χ2n) is 4.47. The Kier molecular flexibility index (Phi) is 3.93. The molecule has 0 amide bonds. The number of carbonyl (C=O) groups excluding carboxylic acids is 1. The molecule has 0 saturated carbocycles. The summed E-state index contributed by atoms with van der Waals surface area (Å²) < 4.78 is 5.36. The molecule has 1 fully saturated rings. The van der Waals surface area contributed by atoms with Gasteiger partial charge in [0.15, 0.2) is 0 Å². The first-order valence-electron chi connectivity index (χ1n) is 5.50. The van der Waals surface area contributed by atoms with Gasteiger partial charge in [-0.2, -0.15) is 0 Å². The number of hydrogen-bond donors (Lipinski definition) is 1. The number of piperidine rings is 1. The number of rotatable bonds is 3. The highest BCUT2D eigenvalue weighted by Crippen LogP contribution is 2.27. The van der Waals surface area contributed by atoms with Crippen LogP contribution in [0.4, 0.5) is 0 Å². The van der Waals surface area contributed by atoms with Crippen LogP contribution in [-0.4, -0.2) is 25.2 Å². The summed E-state index contributed by atoms with van der Waals surface area (Å²) in [6.45, 7) is 7.73. The summed E-state index contributed by atoms with van der Waals surface area (Å²) in [5, 5.41) is 3.25. The summed E-state index contributed by atoms with van der Waals surface area (Å²) in [6, 6.07) is 0. The van der Waals surface area contributed by atoms with E-state index < -0.39 is 0 Å². The molecule has 0 spiro atoms. The minimum absolute atomic E-state index is 0.0425. The zero-order valence-corrected chi connectivity index (χ0v) is 9.43. The lowest BCUT2D eigenvalue weighted by molar-refractivity contribution is -0.160. The van der Waals surface area contributed by atoms with Crippen LogP contribution in [0.5, 0.6) is 0 Å². The van der Waals surface area contributed by atoms with Crippen molar-refractivity contribution in [1.29, 1.82) is 0 Å². The molecule has 2 atom stereocenters. The van der Waals surface area contributed by atoms with Gasteiger partial charge in [-0.15, -0.1) is 0 Å². The minimum atomic E-state index is -0.304. The first-order valence-corrected chi connectivity index (χ1v) is 5.50. The molecule has 2 unspecified atom stereocenters. The van der Waals surface area contributed by atoms with Crippen molar-refractivity contribution in [3.63, 3.8) is 0 Å². The second kappa shape index (κ2) is 4.78. The average molecular weight is 199 g/mol. The van der Waals surface area contributed by atoms with Crippen LogP contribution >= 0.6 is 0 Å². The van der Waals surface area contributed by atoms with Gasteiger partial charge in [-0.05, 0) is 39.7 Å². The van der Waals surface area contributed by atoms with Crippen LogP contribution in [0.1, 0.15) is 40.0 Å². The number of ether oxygens (including phenoxy) is 1. The minimum Gasteiger partial charge on any atom is -0.462 e. The van der Waals surface area contributed by atoms with Gasteiger partial charge in [0.25, 0.3) is 0 Å². The van der Waals surface area contributed by atoms with E-state index in [2.05, 4.69) is 5.32 Å². The van der Waals surface area contributed by atoms with E-state index in [1.54, 1.807) is 0 Å². The van der Waals surface area contributed by atoms with Gasteiger partial charge in [0.1, 0.15) is 0 Å². The maximum atomic E-state index is 11.8. The third-order valence-electron chi connectivity index (χ3n) is 2.97. The van der Waals surface area contributed by atoms with Gasteiger partial charge in [-0.25, -0.2) is 0 Å². The lowest BCUT2D eigenvalue weighted by Crippen LogP contribution is -2.45. The van der Waals surface area contributed by atoms with Crippen molar-refractivity contribution in [1.82, 2.24) is 5.32 Å². The van der Waals surface area contributed by atoms with Gasteiger partial charge in [0.05, 0.1) is 11.5 Å². The summed E-state index contributed by atoms with van der Waals surface area (Å²) in [4.78, 5) is 11.8. The van der Waals surface area contributed by atoms with E-state index >= 15 is 0 Å². The van der Waals surface area contributed by atoms with Crippen molar-refractivity contribution in [3.05, 3.63) is 0 Å². The van der Waals surface area contributed by atoms with E-state index in [0.717, 1.165) is 32.4 Å². The van der Waals surface area contributed by atoms with E-state index in [1.165, 1.54) is 0 Å². The van der Waals surface area contributed by atoms with Crippen molar-refractivity contribution in [2.75, 3.05) is 13.1 Å². The lowest BCUT2D eigenvalue weighted by Gasteiger charge is -2.32.